The Balaban J connectivity index is 2.11. The van der Waals surface area contributed by atoms with Crippen LogP contribution in [-0.4, -0.2) is 33.7 Å². The number of carbonyl (C=O) groups is 1. The highest BCUT2D eigenvalue weighted by molar-refractivity contribution is 6.33. The van der Waals surface area contributed by atoms with Crippen LogP contribution >= 0.6 is 11.6 Å². The Kier molecular flexibility index (Phi) is 3.72. The van der Waals surface area contributed by atoms with E-state index in [1.54, 1.807) is 10.9 Å². The average Bonchev–Trinajstić information content (AvgIpc) is 2.71. The van der Waals surface area contributed by atoms with Gasteiger partial charge in [-0.15, -0.1) is 0 Å². The van der Waals surface area contributed by atoms with Crippen molar-refractivity contribution in [2.75, 3.05) is 13.1 Å². The van der Waals surface area contributed by atoms with Crippen molar-refractivity contribution < 1.29 is 4.79 Å². The number of rotatable bonds is 2. The van der Waals surface area contributed by atoms with E-state index < -0.39 is 0 Å². The summed E-state index contributed by atoms with van der Waals surface area (Å²) in [6.07, 6.45) is 3.84. The molecule has 0 atom stereocenters. The van der Waals surface area contributed by atoms with Crippen molar-refractivity contribution in [2.45, 2.75) is 33.2 Å². The third-order valence-electron chi connectivity index (χ3n) is 3.31. The molecule has 5 heteroatoms. The fraction of sp³-hybridized carbons (Fsp3) is 0.667. The van der Waals surface area contributed by atoms with E-state index in [4.69, 9.17) is 11.6 Å². The van der Waals surface area contributed by atoms with E-state index in [1.165, 1.54) is 0 Å². The molecule has 1 saturated heterocycles. The molecule has 17 heavy (non-hydrogen) atoms. The second-order valence-electron chi connectivity index (χ2n) is 4.66. The minimum absolute atomic E-state index is 0.0332. The standard InChI is InChI=1S/C12H18ClN3O/c1-3-16-8-10(13)11(14-16)12(17)15-6-4-9(2)5-7-15/h8-9H,3-7H2,1-2H3. The third-order valence-corrected chi connectivity index (χ3v) is 3.59. The molecule has 94 valence electrons. The van der Waals surface area contributed by atoms with Gasteiger partial charge < -0.3 is 4.90 Å². The van der Waals surface area contributed by atoms with Crippen LogP contribution in [0.3, 0.4) is 0 Å². The van der Waals surface area contributed by atoms with E-state index >= 15 is 0 Å². The number of nitrogens with zero attached hydrogens (tertiary/aromatic N) is 3. The van der Waals surface area contributed by atoms with Gasteiger partial charge in [-0.3, -0.25) is 9.48 Å². The number of halogens is 1. The highest BCUT2D eigenvalue weighted by Gasteiger charge is 2.25. The zero-order valence-electron chi connectivity index (χ0n) is 10.3. The van der Waals surface area contributed by atoms with Crippen molar-refractivity contribution in [3.8, 4) is 0 Å². The smallest absolute Gasteiger partial charge is 0.275 e. The van der Waals surface area contributed by atoms with Gasteiger partial charge in [-0.05, 0) is 25.7 Å². The molecule has 1 aliphatic rings. The molecule has 0 N–H and O–H groups in total. The highest BCUT2D eigenvalue weighted by atomic mass is 35.5. The first-order valence-corrected chi connectivity index (χ1v) is 6.51. The van der Waals surface area contributed by atoms with Crippen molar-refractivity contribution in [3.63, 3.8) is 0 Å². The first-order valence-electron chi connectivity index (χ1n) is 6.14. The summed E-state index contributed by atoms with van der Waals surface area (Å²) in [5, 5.41) is 4.67. The number of likely N-dealkylation sites (tertiary alicyclic amines) is 1. The van der Waals surface area contributed by atoms with Crippen LogP contribution in [-0.2, 0) is 6.54 Å². The third kappa shape index (κ3) is 2.63. The molecule has 1 fully saturated rings. The maximum absolute atomic E-state index is 12.2. The molecular formula is C12H18ClN3O. The van der Waals surface area contributed by atoms with E-state index in [0.29, 0.717) is 16.6 Å². The lowest BCUT2D eigenvalue weighted by atomic mass is 9.99. The van der Waals surface area contributed by atoms with Crippen molar-refractivity contribution in [1.29, 1.82) is 0 Å². The van der Waals surface area contributed by atoms with Gasteiger partial charge in [-0.2, -0.15) is 5.10 Å². The molecule has 0 aromatic carbocycles. The largest absolute Gasteiger partial charge is 0.337 e. The van der Waals surface area contributed by atoms with Crippen molar-refractivity contribution in [2.24, 2.45) is 5.92 Å². The number of carbonyl (C=O) groups excluding carboxylic acids is 1. The lowest BCUT2D eigenvalue weighted by Crippen LogP contribution is -2.38. The summed E-state index contributed by atoms with van der Waals surface area (Å²) in [6.45, 7) is 6.55. The highest BCUT2D eigenvalue weighted by Crippen LogP contribution is 2.21. The van der Waals surface area contributed by atoms with Crippen molar-refractivity contribution in [3.05, 3.63) is 16.9 Å². The summed E-state index contributed by atoms with van der Waals surface area (Å²) in [5.41, 5.74) is 0.392. The maximum Gasteiger partial charge on any atom is 0.275 e. The maximum atomic E-state index is 12.2. The first-order chi connectivity index (χ1) is 8.11. The van der Waals surface area contributed by atoms with E-state index in [0.717, 1.165) is 32.5 Å². The predicted octanol–water partition coefficient (Wildman–Crippen LogP) is 2.43. The van der Waals surface area contributed by atoms with E-state index in [1.807, 2.05) is 11.8 Å². The van der Waals surface area contributed by atoms with E-state index in [2.05, 4.69) is 12.0 Å². The summed E-state index contributed by atoms with van der Waals surface area (Å²) in [4.78, 5) is 14.1. The summed E-state index contributed by atoms with van der Waals surface area (Å²) >= 11 is 6.04. The predicted molar refractivity (Wildman–Crippen MR) is 67.2 cm³/mol. The lowest BCUT2D eigenvalue weighted by Gasteiger charge is -2.29. The topological polar surface area (TPSA) is 38.1 Å². The molecule has 1 aromatic rings. The fourth-order valence-corrected chi connectivity index (χ4v) is 2.30. The second-order valence-corrected chi connectivity index (χ2v) is 5.06. The zero-order chi connectivity index (χ0) is 12.4. The van der Waals surface area contributed by atoms with Crippen LogP contribution in [0.2, 0.25) is 5.02 Å². The molecule has 0 aliphatic carbocycles. The first kappa shape index (κ1) is 12.4. The summed E-state index contributed by atoms with van der Waals surface area (Å²) in [6, 6.07) is 0. The molecule has 2 rings (SSSR count). The Morgan fingerprint density at radius 3 is 2.71 bits per heavy atom. The van der Waals surface area contributed by atoms with Gasteiger partial charge in [0.15, 0.2) is 5.69 Å². The van der Waals surface area contributed by atoms with Crippen molar-refractivity contribution >= 4 is 17.5 Å². The van der Waals surface area contributed by atoms with Crippen LogP contribution in [0.25, 0.3) is 0 Å². The van der Waals surface area contributed by atoms with E-state index in [-0.39, 0.29) is 5.91 Å². The second kappa shape index (κ2) is 5.08. The molecule has 0 spiro atoms. The van der Waals surface area contributed by atoms with Gasteiger partial charge in [-0.25, -0.2) is 0 Å². The number of piperidine rings is 1. The number of hydrogen-bond donors (Lipinski definition) is 0. The van der Waals surface area contributed by atoms with Gasteiger partial charge in [0.05, 0.1) is 5.02 Å². The molecule has 0 radical (unpaired) electrons. The quantitative estimate of drug-likeness (QED) is 0.814. The fourth-order valence-electron chi connectivity index (χ4n) is 2.07. The van der Waals surface area contributed by atoms with Crippen LogP contribution < -0.4 is 0 Å². The Morgan fingerprint density at radius 2 is 2.18 bits per heavy atom. The molecule has 0 bridgehead atoms. The molecule has 2 heterocycles. The minimum atomic E-state index is -0.0332. The average molecular weight is 256 g/mol. The van der Waals surface area contributed by atoms with E-state index in [9.17, 15) is 4.79 Å². The zero-order valence-corrected chi connectivity index (χ0v) is 11.1. The van der Waals surface area contributed by atoms with Gasteiger partial charge >= 0.3 is 0 Å². The summed E-state index contributed by atoms with van der Waals surface area (Å²) < 4.78 is 1.70. The van der Waals surface area contributed by atoms with Crippen LogP contribution in [0.15, 0.2) is 6.20 Å². The Morgan fingerprint density at radius 1 is 1.53 bits per heavy atom. The monoisotopic (exact) mass is 255 g/mol. The van der Waals surface area contributed by atoms with Crippen LogP contribution in [0.1, 0.15) is 37.2 Å². The number of amides is 1. The number of hydrogen-bond acceptors (Lipinski definition) is 2. The minimum Gasteiger partial charge on any atom is -0.337 e. The molecule has 0 unspecified atom stereocenters. The Labute approximate surface area is 107 Å². The SMILES string of the molecule is CCn1cc(Cl)c(C(=O)N2CCC(C)CC2)n1. The molecule has 4 nitrogen and oxygen atoms in total. The van der Waals surface area contributed by atoms with Gasteiger partial charge in [0.25, 0.3) is 5.91 Å². The van der Waals surface area contributed by atoms with Crippen LogP contribution in [0, 0.1) is 5.92 Å². The summed E-state index contributed by atoms with van der Waals surface area (Å²) in [5.74, 6) is 0.678. The van der Waals surface area contributed by atoms with Crippen LogP contribution in [0.5, 0.6) is 0 Å². The Hall–Kier alpha value is -1.03. The molecule has 0 saturated carbocycles. The molecule has 1 amide bonds. The normalized spacial score (nSPS) is 17.5. The van der Waals surface area contributed by atoms with Crippen LogP contribution in [0.4, 0.5) is 0 Å². The Bertz CT molecular complexity index is 408. The molecule has 1 aliphatic heterocycles. The van der Waals surface area contributed by atoms with Gasteiger partial charge in [0, 0.05) is 25.8 Å². The molecule has 1 aromatic heterocycles. The lowest BCUT2D eigenvalue weighted by molar-refractivity contribution is 0.0690. The molecular weight excluding hydrogens is 238 g/mol. The van der Waals surface area contributed by atoms with Gasteiger partial charge in [0.1, 0.15) is 0 Å². The van der Waals surface area contributed by atoms with Crippen molar-refractivity contribution in [1.82, 2.24) is 14.7 Å². The van der Waals surface area contributed by atoms with Gasteiger partial charge in [-0.1, -0.05) is 18.5 Å². The van der Waals surface area contributed by atoms with Gasteiger partial charge in [0.2, 0.25) is 0 Å². The summed E-state index contributed by atoms with van der Waals surface area (Å²) in [7, 11) is 0. The number of aromatic nitrogens is 2. The number of aryl methyl sites for hydroxylation is 1.